The van der Waals surface area contributed by atoms with Crippen LogP contribution in [0.15, 0.2) is 128 Å². The van der Waals surface area contributed by atoms with Crippen LogP contribution in [0.3, 0.4) is 0 Å². The quantitative estimate of drug-likeness (QED) is 0.237. The fourth-order valence-electron chi connectivity index (χ4n) is 5.66. The lowest BCUT2D eigenvalue weighted by Crippen LogP contribution is -2.14. The van der Waals surface area contributed by atoms with E-state index in [1.807, 2.05) is 54.9 Å². The van der Waals surface area contributed by atoms with E-state index in [9.17, 15) is 0 Å². The Hall–Kier alpha value is -5.55. The predicted molar refractivity (Wildman–Crippen MR) is 163 cm³/mol. The van der Waals surface area contributed by atoms with Gasteiger partial charge in [0.25, 0.3) is 0 Å². The van der Waals surface area contributed by atoms with Gasteiger partial charge in [-0.05, 0) is 42.5 Å². The van der Waals surface area contributed by atoms with E-state index < -0.39 is 0 Å². The highest BCUT2D eigenvalue weighted by molar-refractivity contribution is 6.17. The number of para-hydroxylation sites is 3. The lowest BCUT2D eigenvalue weighted by atomic mass is 10.1. The van der Waals surface area contributed by atoms with Gasteiger partial charge in [0, 0.05) is 34.1 Å². The van der Waals surface area contributed by atoms with E-state index in [-0.39, 0.29) is 0 Å². The van der Waals surface area contributed by atoms with Gasteiger partial charge in [-0.3, -0.25) is 4.57 Å². The maximum atomic E-state index is 5.05. The van der Waals surface area contributed by atoms with Gasteiger partial charge in [-0.1, -0.05) is 84.9 Å². The number of hydrogen-bond donors (Lipinski definition) is 0. The first kappa shape index (κ1) is 22.4. The van der Waals surface area contributed by atoms with E-state index in [1.165, 1.54) is 0 Å². The molecule has 4 heterocycles. The molecule has 7 aromatic rings. The summed E-state index contributed by atoms with van der Waals surface area (Å²) >= 11 is 0. The first-order valence-corrected chi connectivity index (χ1v) is 13.3. The molecule has 8 rings (SSSR count). The highest BCUT2D eigenvalue weighted by atomic mass is 15.2. The third kappa shape index (κ3) is 3.45. The van der Waals surface area contributed by atoms with Crippen LogP contribution in [-0.4, -0.2) is 19.5 Å². The molecule has 0 N–H and O–H groups in total. The van der Waals surface area contributed by atoms with Gasteiger partial charge in [0.15, 0.2) is 5.82 Å². The molecule has 0 atom stereocenters. The van der Waals surface area contributed by atoms with E-state index >= 15 is 0 Å². The van der Waals surface area contributed by atoms with Crippen LogP contribution >= 0.6 is 0 Å². The Balaban J connectivity index is 1.46. The second kappa shape index (κ2) is 9.03. The molecule has 5 heteroatoms. The molecule has 1 aliphatic rings. The molecule has 0 radical (unpaired) electrons. The Morgan fingerprint density at radius 3 is 2.02 bits per heavy atom. The summed E-state index contributed by atoms with van der Waals surface area (Å²) in [5.41, 5.74) is 8.98. The van der Waals surface area contributed by atoms with Gasteiger partial charge in [-0.25, -0.2) is 15.0 Å². The summed E-state index contributed by atoms with van der Waals surface area (Å²) in [5.74, 6) is 0.701. The summed E-state index contributed by atoms with van der Waals surface area (Å²) < 4.78 is 2.25. The fraction of sp³-hybridized carbons (Fsp3) is 0. The van der Waals surface area contributed by atoms with Crippen LogP contribution in [0.25, 0.3) is 51.2 Å². The van der Waals surface area contributed by atoms with Crippen molar-refractivity contribution < 1.29 is 0 Å². The van der Waals surface area contributed by atoms with Gasteiger partial charge in [-0.15, -0.1) is 0 Å². The molecule has 0 saturated heterocycles. The molecule has 4 aromatic carbocycles. The average Bonchev–Trinajstić information content (AvgIpc) is 3.27. The maximum absolute atomic E-state index is 5.05. The molecule has 0 spiro atoms. The number of fused-ring (bicyclic) bond motifs is 6. The number of pyridine rings is 1. The van der Waals surface area contributed by atoms with Crippen molar-refractivity contribution >= 4 is 51.2 Å². The van der Waals surface area contributed by atoms with E-state index in [0.29, 0.717) is 5.82 Å². The highest BCUT2D eigenvalue weighted by Crippen LogP contribution is 2.47. The summed E-state index contributed by atoms with van der Waals surface area (Å²) in [6, 6.07) is 39.5. The largest absolute Gasteiger partial charge is 0.306 e. The second-order valence-corrected chi connectivity index (χ2v) is 9.78. The zero-order valence-corrected chi connectivity index (χ0v) is 21.5. The zero-order valence-electron chi connectivity index (χ0n) is 21.5. The average molecular weight is 514 g/mol. The molecule has 0 amide bonds. The van der Waals surface area contributed by atoms with Crippen molar-refractivity contribution in [3.05, 3.63) is 139 Å². The summed E-state index contributed by atoms with van der Waals surface area (Å²) in [4.78, 5) is 17.2. The molecule has 40 heavy (non-hydrogen) atoms. The Kier molecular flexibility index (Phi) is 5.07. The monoisotopic (exact) mass is 513 g/mol. The molecule has 0 saturated carbocycles. The molecule has 1 aliphatic heterocycles. The van der Waals surface area contributed by atoms with Gasteiger partial charge in [0.1, 0.15) is 5.65 Å². The van der Waals surface area contributed by atoms with Crippen LogP contribution in [0.1, 0.15) is 11.3 Å². The third-order valence-electron chi connectivity index (χ3n) is 7.43. The minimum Gasteiger partial charge on any atom is -0.306 e. The molecule has 5 nitrogen and oxygen atoms in total. The van der Waals surface area contributed by atoms with Crippen molar-refractivity contribution in [3.63, 3.8) is 0 Å². The number of benzene rings is 4. The molecule has 188 valence electrons. The molecule has 0 unspecified atom stereocenters. The zero-order chi connectivity index (χ0) is 26.5. The van der Waals surface area contributed by atoms with Crippen LogP contribution < -0.4 is 4.90 Å². The highest BCUT2D eigenvalue weighted by Gasteiger charge is 2.27. The lowest BCUT2D eigenvalue weighted by Gasteiger charge is -2.27. The van der Waals surface area contributed by atoms with Crippen molar-refractivity contribution in [2.45, 2.75) is 0 Å². The first-order chi connectivity index (χ1) is 19.9. The van der Waals surface area contributed by atoms with E-state index in [0.717, 1.165) is 61.5 Å². The van der Waals surface area contributed by atoms with Gasteiger partial charge in [-0.2, -0.15) is 0 Å². The SMILES string of the molecule is C1=Cc2nc(-c3ccccc3)ncc2N(c2ccccc2)c2c1cnc1c2c2ccccc2n1-c1ccccc1. The van der Waals surface area contributed by atoms with Crippen LogP contribution in [0.2, 0.25) is 0 Å². The van der Waals surface area contributed by atoms with E-state index in [4.69, 9.17) is 15.0 Å². The van der Waals surface area contributed by atoms with Crippen molar-refractivity contribution in [1.82, 2.24) is 19.5 Å². The summed E-state index contributed by atoms with van der Waals surface area (Å²) in [7, 11) is 0. The first-order valence-electron chi connectivity index (χ1n) is 13.3. The molecule has 0 bridgehead atoms. The number of nitrogens with zero attached hydrogens (tertiary/aromatic N) is 5. The van der Waals surface area contributed by atoms with Crippen LogP contribution in [0.5, 0.6) is 0 Å². The smallest absolute Gasteiger partial charge is 0.159 e. The minimum absolute atomic E-state index is 0.701. The normalized spacial score (nSPS) is 12.3. The van der Waals surface area contributed by atoms with Gasteiger partial charge >= 0.3 is 0 Å². The molecular weight excluding hydrogens is 490 g/mol. The summed E-state index contributed by atoms with van der Waals surface area (Å²) in [6.45, 7) is 0. The maximum Gasteiger partial charge on any atom is 0.159 e. The Bertz CT molecular complexity index is 2050. The standard InChI is InChI=1S/C35H23N5/c1-4-12-24(13-5-1)34-36-23-31-29(38-34)21-20-25-22-37-35-32(33(25)39(31)26-14-6-2-7-15-26)28-18-10-11-19-30(28)40(35)27-16-8-3-9-17-27/h1-23H. The number of aromatic nitrogens is 4. The Morgan fingerprint density at radius 1 is 0.575 bits per heavy atom. The van der Waals surface area contributed by atoms with Crippen molar-refractivity contribution in [2.24, 2.45) is 0 Å². The molecular formula is C35H23N5. The van der Waals surface area contributed by atoms with E-state index in [2.05, 4.69) is 94.4 Å². The summed E-state index contributed by atoms with van der Waals surface area (Å²) in [6.07, 6.45) is 8.12. The Labute approximate surface area is 231 Å². The van der Waals surface area contributed by atoms with Gasteiger partial charge in [0.05, 0.1) is 34.2 Å². The Morgan fingerprint density at radius 2 is 1.25 bits per heavy atom. The number of hydrogen-bond acceptors (Lipinski definition) is 4. The van der Waals surface area contributed by atoms with Crippen LogP contribution in [0.4, 0.5) is 17.1 Å². The topological polar surface area (TPSA) is 46.8 Å². The third-order valence-corrected chi connectivity index (χ3v) is 7.43. The minimum atomic E-state index is 0.701. The number of anilines is 3. The van der Waals surface area contributed by atoms with Crippen molar-refractivity contribution in [1.29, 1.82) is 0 Å². The van der Waals surface area contributed by atoms with Gasteiger partial charge < -0.3 is 4.90 Å². The molecule has 3 aromatic heterocycles. The van der Waals surface area contributed by atoms with Crippen LogP contribution in [-0.2, 0) is 0 Å². The predicted octanol–water partition coefficient (Wildman–Crippen LogP) is 8.59. The van der Waals surface area contributed by atoms with Gasteiger partial charge in [0.2, 0.25) is 0 Å². The van der Waals surface area contributed by atoms with Crippen LogP contribution in [0, 0.1) is 0 Å². The summed E-state index contributed by atoms with van der Waals surface area (Å²) in [5, 5.41) is 2.23. The van der Waals surface area contributed by atoms with Crippen molar-refractivity contribution in [3.8, 4) is 17.1 Å². The number of rotatable bonds is 3. The van der Waals surface area contributed by atoms with Crippen molar-refractivity contribution in [2.75, 3.05) is 4.90 Å². The lowest BCUT2D eigenvalue weighted by molar-refractivity contribution is 1.12. The fourth-order valence-corrected chi connectivity index (χ4v) is 5.66. The second-order valence-electron chi connectivity index (χ2n) is 9.78. The molecule has 0 aliphatic carbocycles. The molecule has 0 fully saturated rings. The van der Waals surface area contributed by atoms with E-state index in [1.54, 1.807) is 0 Å².